The molecule has 1 heterocycles. The molecule has 0 radical (unpaired) electrons. The summed E-state index contributed by atoms with van der Waals surface area (Å²) >= 11 is 0. The van der Waals surface area contributed by atoms with Crippen LogP contribution in [0.3, 0.4) is 0 Å². The number of esters is 1. The number of benzene rings is 2. The number of nitrogens with one attached hydrogen (secondary N) is 2. The maximum absolute atomic E-state index is 12.4. The van der Waals surface area contributed by atoms with Gasteiger partial charge in [0.05, 0.1) is 28.2 Å². The zero-order valence-corrected chi connectivity index (χ0v) is 19.2. The Hall–Kier alpha value is -3.94. The summed E-state index contributed by atoms with van der Waals surface area (Å²) in [5.41, 5.74) is 3.73. The average Bonchev–Trinajstić information content (AvgIpc) is 3.14. The molecule has 0 unspecified atom stereocenters. The minimum atomic E-state index is -0.618. The van der Waals surface area contributed by atoms with E-state index in [2.05, 4.69) is 15.7 Å². The lowest BCUT2D eigenvalue weighted by Crippen LogP contribution is -2.29. The van der Waals surface area contributed by atoms with Gasteiger partial charge in [-0.2, -0.15) is 5.10 Å². The van der Waals surface area contributed by atoms with Crippen LogP contribution in [0.2, 0.25) is 0 Å². The first kappa shape index (κ1) is 23.7. The number of hydrogen-bond donors (Lipinski definition) is 2. The summed E-state index contributed by atoms with van der Waals surface area (Å²) in [6, 6.07) is 15.4. The molecule has 0 saturated carbocycles. The number of carbonyl (C=O) groups is 3. The quantitative estimate of drug-likeness (QED) is 0.512. The Kier molecular flexibility index (Phi) is 7.61. The first-order valence-electron chi connectivity index (χ1n) is 10.7. The van der Waals surface area contributed by atoms with E-state index in [0.29, 0.717) is 29.3 Å². The fraction of sp³-hybridized carbons (Fsp3) is 0.280. The minimum absolute atomic E-state index is 0.278. The van der Waals surface area contributed by atoms with Crippen LogP contribution in [0, 0.1) is 19.8 Å². The third kappa shape index (κ3) is 6.29. The SMILES string of the molecule is Cc1cc(C)n(-c2ccc(C(=O)OCC(=O)Nc3ccccc3C(=O)NCC(C)C)cc2)n1. The summed E-state index contributed by atoms with van der Waals surface area (Å²) < 4.78 is 6.93. The van der Waals surface area contributed by atoms with E-state index >= 15 is 0 Å². The molecule has 0 fully saturated rings. The Balaban J connectivity index is 1.57. The second kappa shape index (κ2) is 10.6. The molecule has 0 bridgehead atoms. The van der Waals surface area contributed by atoms with Crippen molar-refractivity contribution in [1.29, 1.82) is 0 Å². The van der Waals surface area contributed by atoms with Gasteiger partial charge in [0.15, 0.2) is 6.61 Å². The van der Waals surface area contributed by atoms with E-state index in [1.165, 1.54) is 0 Å². The lowest BCUT2D eigenvalue weighted by Gasteiger charge is -2.12. The molecule has 172 valence electrons. The predicted molar refractivity (Wildman–Crippen MR) is 126 cm³/mol. The summed E-state index contributed by atoms with van der Waals surface area (Å²) in [5.74, 6) is -1.13. The van der Waals surface area contributed by atoms with Crippen LogP contribution >= 0.6 is 0 Å². The highest BCUT2D eigenvalue weighted by Crippen LogP contribution is 2.16. The molecule has 2 aromatic carbocycles. The number of aromatic nitrogens is 2. The van der Waals surface area contributed by atoms with Crippen molar-refractivity contribution in [3.63, 3.8) is 0 Å². The standard InChI is InChI=1S/C25H28N4O4/c1-16(2)14-26-24(31)21-7-5-6-8-22(21)27-23(30)15-33-25(32)19-9-11-20(12-10-19)29-18(4)13-17(3)28-29/h5-13,16H,14-15H2,1-4H3,(H,26,31)(H,27,30). The monoisotopic (exact) mass is 448 g/mol. The Bertz CT molecular complexity index is 1150. The summed E-state index contributed by atoms with van der Waals surface area (Å²) in [5, 5.41) is 9.87. The minimum Gasteiger partial charge on any atom is -0.452 e. The van der Waals surface area contributed by atoms with E-state index < -0.39 is 18.5 Å². The van der Waals surface area contributed by atoms with Gasteiger partial charge in [0, 0.05) is 12.2 Å². The van der Waals surface area contributed by atoms with Crippen molar-refractivity contribution in [3.05, 3.63) is 77.1 Å². The summed E-state index contributed by atoms with van der Waals surface area (Å²) in [7, 11) is 0. The number of amides is 2. The second-order valence-electron chi connectivity index (χ2n) is 8.16. The predicted octanol–water partition coefficient (Wildman–Crippen LogP) is 3.67. The fourth-order valence-corrected chi connectivity index (χ4v) is 3.21. The van der Waals surface area contributed by atoms with Gasteiger partial charge >= 0.3 is 5.97 Å². The van der Waals surface area contributed by atoms with Crippen LogP contribution < -0.4 is 10.6 Å². The third-order valence-electron chi connectivity index (χ3n) is 4.81. The third-order valence-corrected chi connectivity index (χ3v) is 4.81. The van der Waals surface area contributed by atoms with E-state index in [9.17, 15) is 14.4 Å². The zero-order valence-electron chi connectivity index (χ0n) is 19.2. The number of nitrogens with zero attached hydrogens (tertiary/aromatic N) is 2. The molecular weight excluding hydrogens is 420 g/mol. The molecule has 0 saturated heterocycles. The lowest BCUT2D eigenvalue weighted by molar-refractivity contribution is -0.119. The lowest BCUT2D eigenvalue weighted by atomic mass is 10.1. The highest BCUT2D eigenvalue weighted by Gasteiger charge is 2.15. The number of hydrogen-bond acceptors (Lipinski definition) is 5. The Labute approximate surface area is 193 Å². The molecular formula is C25H28N4O4. The van der Waals surface area contributed by atoms with Crippen LogP contribution in [0.5, 0.6) is 0 Å². The molecule has 8 nitrogen and oxygen atoms in total. The van der Waals surface area contributed by atoms with Gasteiger partial charge in [-0.1, -0.05) is 26.0 Å². The maximum Gasteiger partial charge on any atom is 0.338 e. The molecule has 0 aliphatic heterocycles. The first-order valence-corrected chi connectivity index (χ1v) is 10.7. The molecule has 0 atom stereocenters. The van der Waals surface area contributed by atoms with Gasteiger partial charge in [-0.25, -0.2) is 9.48 Å². The van der Waals surface area contributed by atoms with Crippen LogP contribution in [-0.2, 0) is 9.53 Å². The molecule has 2 N–H and O–H groups in total. The topological polar surface area (TPSA) is 102 Å². The van der Waals surface area contributed by atoms with Crippen molar-refractivity contribution < 1.29 is 19.1 Å². The van der Waals surface area contributed by atoms with Crippen LogP contribution in [0.4, 0.5) is 5.69 Å². The summed E-state index contributed by atoms with van der Waals surface area (Å²) in [6.45, 7) is 7.91. The molecule has 3 rings (SSSR count). The zero-order chi connectivity index (χ0) is 24.0. The van der Waals surface area contributed by atoms with Crippen LogP contribution in [0.1, 0.15) is 46.0 Å². The maximum atomic E-state index is 12.4. The van der Waals surface area contributed by atoms with Crippen LogP contribution in [-0.4, -0.2) is 40.7 Å². The highest BCUT2D eigenvalue weighted by atomic mass is 16.5. The average molecular weight is 449 g/mol. The fourth-order valence-electron chi connectivity index (χ4n) is 3.21. The number of carbonyl (C=O) groups excluding carboxylic acids is 3. The molecule has 0 aliphatic carbocycles. The molecule has 1 aromatic heterocycles. The number of para-hydroxylation sites is 1. The van der Waals surface area contributed by atoms with Crippen molar-refractivity contribution >= 4 is 23.5 Å². The van der Waals surface area contributed by atoms with E-state index in [1.807, 2.05) is 33.8 Å². The Morgan fingerprint density at radius 2 is 1.73 bits per heavy atom. The Morgan fingerprint density at radius 3 is 2.36 bits per heavy atom. The van der Waals surface area contributed by atoms with E-state index in [1.54, 1.807) is 53.2 Å². The largest absolute Gasteiger partial charge is 0.452 e. The molecule has 0 aliphatic rings. The van der Waals surface area contributed by atoms with Gasteiger partial charge < -0.3 is 15.4 Å². The summed E-state index contributed by atoms with van der Waals surface area (Å²) in [6.07, 6.45) is 0. The molecule has 0 spiro atoms. The van der Waals surface area contributed by atoms with Gasteiger partial charge in [-0.15, -0.1) is 0 Å². The van der Waals surface area contributed by atoms with Gasteiger partial charge in [-0.05, 0) is 62.2 Å². The molecule has 3 aromatic rings. The van der Waals surface area contributed by atoms with Crippen LogP contribution in [0.25, 0.3) is 5.69 Å². The van der Waals surface area contributed by atoms with Gasteiger partial charge in [-0.3, -0.25) is 9.59 Å². The normalized spacial score (nSPS) is 10.7. The van der Waals surface area contributed by atoms with E-state index in [-0.39, 0.29) is 5.91 Å². The highest BCUT2D eigenvalue weighted by molar-refractivity contribution is 6.04. The second-order valence-corrected chi connectivity index (χ2v) is 8.16. The van der Waals surface area contributed by atoms with Gasteiger partial charge in [0.25, 0.3) is 11.8 Å². The number of anilines is 1. The van der Waals surface area contributed by atoms with Crippen molar-refractivity contribution in [2.75, 3.05) is 18.5 Å². The van der Waals surface area contributed by atoms with Crippen molar-refractivity contribution in [3.8, 4) is 5.69 Å². The Morgan fingerprint density at radius 1 is 1.03 bits per heavy atom. The van der Waals surface area contributed by atoms with E-state index in [4.69, 9.17) is 4.74 Å². The number of ether oxygens (including phenoxy) is 1. The molecule has 8 heteroatoms. The van der Waals surface area contributed by atoms with E-state index in [0.717, 1.165) is 17.1 Å². The van der Waals surface area contributed by atoms with Gasteiger partial charge in [0.1, 0.15) is 0 Å². The molecule has 2 amide bonds. The molecule has 33 heavy (non-hydrogen) atoms. The van der Waals surface area contributed by atoms with Gasteiger partial charge in [0.2, 0.25) is 0 Å². The first-order chi connectivity index (χ1) is 15.7. The number of rotatable bonds is 8. The smallest absolute Gasteiger partial charge is 0.338 e. The van der Waals surface area contributed by atoms with Crippen LogP contribution in [0.15, 0.2) is 54.6 Å². The van der Waals surface area contributed by atoms with Crippen molar-refractivity contribution in [2.24, 2.45) is 5.92 Å². The number of aryl methyl sites for hydroxylation is 2. The van der Waals surface area contributed by atoms with Crippen molar-refractivity contribution in [2.45, 2.75) is 27.7 Å². The summed E-state index contributed by atoms with van der Waals surface area (Å²) in [4.78, 5) is 37.1. The van der Waals surface area contributed by atoms with Crippen molar-refractivity contribution in [1.82, 2.24) is 15.1 Å².